The van der Waals surface area contributed by atoms with E-state index in [1.807, 2.05) is 15.5 Å². The van der Waals surface area contributed by atoms with Gasteiger partial charge in [0.1, 0.15) is 12.4 Å². The van der Waals surface area contributed by atoms with Crippen LogP contribution in [0.3, 0.4) is 0 Å². The Labute approximate surface area is 160 Å². The number of hydrogen-bond acceptors (Lipinski definition) is 3. The number of nitrogens with zero attached hydrogens (tertiary/aromatic N) is 3. The number of aromatic nitrogens is 2. The SMILES string of the molecule is NC(=O)Cn1ccnc1C1CCN(C(=O)CCCCc2ccccc2)CC1. The number of amides is 2. The number of unbranched alkanes of at least 4 members (excludes halogenated alkanes) is 1. The summed E-state index contributed by atoms with van der Waals surface area (Å²) in [6.45, 7) is 1.67. The number of likely N-dealkylation sites (tertiary alicyclic amines) is 1. The number of imidazole rings is 1. The van der Waals surface area contributed by atoms with Crippen LogP contribution in [0.1, 0.15) is 49.4 Å². The first-order valence-corrected chi connectivity index (χ1v) is 9.74. The van der Waals surface area contributed by atoms with Gasteiger partial charge in [0.2, 0.25) is 11.8 Å². The molecule has 1 aromatic heterocycles. The standard InChI is InChI=1S/C21H28N4O2/c22-19(26)16-25-15-12-23-21(25)18-10-13-24(14-11-18)20(27)9-5-4-8-17-6-2-1-3-7-17/h1-3,6-7,12,15,18H,4-5,8-11,13-14,16H2,(H2,22,26). The van der Waals surface area contributed by atoms with Crippen LogP contribution in [0.5, 0.6) is 0 Å². The van der Waals surface area contributed by atoms with Crippen LogP contribution in [0, 0.1) is 0 Å². The molecule has 2 amide bonds. The highest BCUT2D eigenvalue weighted by atomic mass is 16.2. The summed E-state index contributed by atoms with van der Waals surface area (Å²) in [5.41, 5.74) is 6.63. The molecular formula is C21H28N4O2. The van der Waals surface area contributed by atoms with Crippen LogP contribution in [0.4, 0.5) is 0 Å². The number of carbonyl (C=O) groups is 2. The van der Waals surface area contributed by atoms with Crippen molar-refractivity contribution in [1.82, 2.24) is 14.5 Å². The van der Waals surface area contributed by atoms with Gasteiger partial charge in [-0.25, -0.2) is 4.98 Å². The van der Waals surface area contributed by atoms with Crippen LogP contribution >= 0.6 is 0 Å². The smallest absolute Gasteiger partial charge is 0.237 e. The molecule has 3 rings (SSSR count). The van der Waals surface area contributed by atoms with Crippen molar-refractivity contribution in [3.8, 4) is 0 Å². The van der Waals surface area contributed by atoms with E-state index in [1.165, 1.54) is 5.56 Å². The Hall–Kier alpha value is -2.63. The molecule has 2 heterocycles. The number of rotatable bonds is 8. The summed E-state index contributed by atoms with van der Waals surface area (Å²) in [5.74, 6) is 1.07. The Morgan fingerprint density at radius 1 is 1.11 bits per heavy atom. The Morgan fingerprint density at radius 3 is 2.56 bits per heavy atom. The predicted octanol–water partition coefficient (Wildman–Crippen LogP) is 2.49. The van der Waals surface area contributed by atoms with E-state index < -0.39 is 0 Å². The van der Waals surface area contributed by atoms with Crippen molar-refractivity contribution in [2.24, 2.45) is 5.73 Å². The highest BCUT2D eigenvalue weighted by Crippen LogP contribution is 2.27. The van der Waals surface area contributed by atoms with E-state index in [1.54, 1.807) is 12.4 Å². The predicted molar refractivity (Wildman–Crippen MR) is 104 cm³/mol. The number of benzene rings is 1. The first-order chi connectivity index (χ1) is 13.1. The van der Waals surface area contributed by atoms with Gasteiger partial charge in [-0.05, 0) is 37.7 Å². The van der Waals surface area contributed by atoms with E-state index in [9.17, 15) is 9.59 Å². The topological polar surface area (TPSA) is 81.2 Å². The summed E-state index contributed by atoms with van der Waals surface area (Å²) in [7, 11) is 0. The lowest BCUT2D eigenvalue weighted by atomic mass is 9.95. The minimum absolute atomic E-state index is 0.163. The maximum atomic E-state index is 12.5. The second kappa shape index (κ2) is 9.35. The van der Waals surface area contributed by atoms with E-state index in [2.05, 4.69) is 29.2 Å². The zero-order chi connectivity index (χ0) is 19.1. The van der Waals surface area contributed by atoms with Crippen LogP contribution in [-0.4, -0.2) is 39.4 Å². The molecule has 0 radical (unpaired) electrons. The number of carbonyl (C=O) groups excluding carboxylic acids is 2. The lowest BCUT2D eigenvalue weighted by Gasteiger charge is -2.32. The number of nitrogens with two attached hydrogens (primary N) is 1. The van der Waals surface area contributed by atoms with E-state index in [4.69, 9.17) is 5.73 Å². The third kappa shape index (κ3) is 5.42. The van der Waals surface area contributed by atoms with Gasteiger partial charge < -0.3 is 15.2 Å². The highest BCUT2D eigenvalue weighted by Gasteiger charge is 2.26. The molecule has 0 bridgehead atoms. The maximum absolute atomic E-state index is 12.5. The molecule has 0 unspecified atom stereocenters. The van der Waals surface area contributed by atoms with Gasteiger partial charge >= 0.3 is 0 Å². The lowest BCUT2D eigenvalue weighted by molar-refractivity contribution is -0.132. The van der Waals surface area contributed by atoms with Crippen molar-refractivity contribution in [3.63, 3.8) is 0 Å². The molecule has 1 aliphatic rings. The van der Waals surface area contributed by atoms with Gasteiger partial charge in [0.05, 0.1) is 0 Å². The van der Waals surface area contributed by atoms with Crippen molar-refractivity contribution in [2.75, 3.05) is 13.1 Å². The van der Waals surface area contributed by atoms with Gasteiger partial charge in [0, 0.05) is 37.8 Å². The average molecular weight is 368 g/mol. The number of hydrogen-bond donors (Lipinski definition) is 1. The Balaban J connectivity index is 1.40. The number of aryl methyl sites for hydroxylation is 1. The van der Waals surface area contributed by atoms with E-state index in [-0.39, 0.29) is 24.3 Å². The molecule has 144 valence electrons. The molecule has 6 heteroatoms. The fourth-order valence-corrected chi connectivity index (χ4v) is 3.78. The zero-order valence-corrected chi connectivity index (χ0v) is 15.7. The van der Waals surface area contributed by atoms with Gasteiger partial charge in [-0.3, -0.25) is 9.59 Å². The second-order valence-electron chi connectivity index (χ2n) is 7.23. The van der Waals surface area contributed by atoms with E-state index in [0.717, 1.165) is 51.0 Å². The van der Waals surface area contributed by atoms with Crippen LogP contribution in [0.15, 0.2) is 42.7 Å². The van der Waals surface area contributed by atoms with E-state index in [0.29, 0.717) is 6.42 Å². The highest BCUT2D eigenvalue weighted by molar-refractivity contribution is 5.76. The monoisotopic (exact) mass is 368 g/mol. The Bertz CT molecular complexity index is 749. The summed E-state index contributed by atoms with van der Waals surface area (Å²) in [6, 6.07) is 10.4. The minimum Gasteiger partial charge on any atom is -0.368 e. The molecule has 0 aliphatic carbocycles. The normalized spacial score (nSPS) is 15.0. The van der Waals surface area contributed by atoms with E-state index >= 15 is 0 Å². The van der Waals surface area contributed by atoms with Crippen molar-refractivity contribution in [3.05, 3.63) is 54.1 Å². The van der Waals surface area contributed by atoms with Crippen molar-refractivity contribution < 1.29 is 9.59 Å². The summed E-state index contributed by atoms with van der Waals surface area (Å²) >= 11 is 0. The number of piperidine rings is 1. The molecule has 6 nitrogen and oxygen atoms in total. The van der Waals surface area contributed by atoms with Crippen LogP contribution in [0.25, 0.3) is 0 Å². The molecule has 0 atom stereocenters. The average Bonchev–Trinajstić information content (AvgIpc) is 3.13. The lowest BCUT2D eigenvalue weighted by Crippen LogP contribution is -2.38. The quantitative estimate of drug-likeness (QED) is 0.727. The van der Waals surface area contributed by atoms with Crippen molar-refractivity contribution in [2.45, 2.75) is 51.0 Å². The largest absolute Gasteiger partial charge is 0.368 e. The van der Waals surface area contributed by atoms with Crippen LogP contribution in [-0.2, 0) is 22.6 Å². The molecular weight excluding hydrogens is 340 g/mol. The molecule has 0 saturated carbocycles. The molecule has 1 aliphatic heterocycles. The third-order valence-electron chi connectivity index (χ3n) is 5.24. The summed E-state index contributed by atoms with van der Waals surface area (Å²) in [4.78, 5) is 30.0. The van der Waals surface area contributed by atoms with Crippen LogP contribution in [0.2, 0.25) is 0 Å². The van der Waals surface area contributed by atoms with Crippen LogP contribution < -0.4 is 5.73 Å². The summed E-state index contributed by atoms with van der Waals surface area (Å²) in [5, 5.41) is 0. The fraction of sp³-hybridized carbons (Fsp3) is 0.476. The first kappa shape index (κ1) is 19.1. The maximum Gasteiger partial charge on any atom is 0.237 e. The van der Waals surface area contributed by atoms with Gasteiger partial charge in [-0.1, -0.05) is 30.3 Å². The summed E-state index contributed by atoms with van der Waals surface area (Å²) in [6.07, 6.45) is 8.88. The van der Waals surface area contributed by atoms with Gasteiger partial charge in [-0.15, -0.1) is 0 Å². The third-order valence-corrected chi connectivity index (χ3v) is 5.24. The second-order valence-corrected chi connectivity index (χ2v) is 7.23. The molecule has 1 aromatic carbocycles. The minimum atomic E-state index is -0.364. The molecule has 2 N–H and O–H groups in total. The Kier molecular flexibility index (Phi) is 6.63. The zero-order valence-electron chi connectivity index (χ0n) is 15.7. The van der Waals surface area contributed by atoms with Gasteiger partial charge in [0.25, 0.3) is 0 Å². The van der Waals surface area contributed by atoms with Gasteiger partial charge in [0.15, 0.2) is 0 Å². The molecule has 1 fully saturated rings. The summed E-state index contributed by atoms with van der Waals surface area (Å²) < 4.78 is 1.83. The van der Waals surface area contributed by atoms with Crippen molar-refractivity contribution in [1.29, 1.82) is 0 Å². The Morgan fingerprint density at radius 2 is 1.85 bits per heavy atom. The fourth-order valence-electron chi connectivity index (χ4n) is 3.78. The molecule has 27 heavy (non-hydrogen) atoms. The molecule has 0 spiro atoms. The molecule has 1 saturated heterocycles. The van der Waals surface area contributed by atoms with Crippen molar-refractivity contribution >= 4 is 11.8 Å². The first-order valence-electron chi connectivity index (χ1n) is 9.74. The molecule has 2 aromatic rings. The van der Waals surface area contributed by atoms with Gasteiger partial charge in [-0.2, -0.15) is 0 Å². The number of primary amides is 1.